The second-order valence-corrected chi connectivity index (χ2v) is 4.16. The third-order valence-electron chi connectivity index (χ3n) is 2.34. The first-order valence-electron chi connectivity index (χ1n) is 5.64. The van der Waals surface area contributed by atoms with Gasteiger partial charge in [0.25, 0.3) is 0 Å². The number of nitrogens with two attached hydrogens (primary N) is 1. The molecule has 0 bridgehead atoms. The van der Waals surface area contributed by atoms with Crippen LogP contribution in [0.25, 0.3) is 11.1 Å². The van der Waals surface area contributed by atoms with Gasteiger partial charge in [0.05, 0.1) is 6.10 Å². The maximum absolute atomic E-state index is 5.66. The van der Waals surface area contributed by atoms with Crippen molar-refractivity contribution >= 4 is 5.82 Å². The molecule has 0 aliphatic rings. The van der Waals surface area contributed by atoms with E-state index in [4.69, 9.17) is 10.5 Å². The molecule has 0 spiro atoms. The standard InChI is InChI=1S/C14H16N2O/c1-10(2)17-13-5-3-11(4-6-13)12-7-8-16-14(15)9-12/h3-10H,1-2H3,(H2,15,16). The van der Waals surface area contributed by atoms with Crippen molar-refractivity contribution in [3.05, 3.63) is 42.6 Å². The highest BCUT2D eigenvalue weighted by molar-refractivity contribution is 5.66. The normalized spacial score (nSPS) is 10.5. The average molecular weight is 228 g/mol. The number of rotatable bonds is 3. The lowest BCUT2D eigenvalue weighted by atomic mass is 10.1. The molecule has 2 aromatic rings. The van der Waals surface area contributed by atoms with Gasteiger partial charge in [0.2, 0.25) is 0 Å². The largest absolute Gasteiger partial charge is 0.491 e. The number of pyridine rings is 1. The van der Waals surface area contributed by atoms with Crippen molar-refractivity contribution in [1.82, 2.24) is 4.98 Å². The van der Waals surface area contributed by atoms with Gasteiger partial charge in [0.1, 0.15) is 11.6 Å². The lowest BCUT2D eigenvalue weighted by molar-refractivity contribution is 0.242. The molecule has 17 heavy (non-hydrogen) atoms. The van der Waals surface area contributed by atoms with Gasteiger partial charge >= 0.3 is 0 Å². The number of aromatic nitrogens is 1. The summed E-state index contributed by atoms with van der Waals surface area (Å²) in [6.45, 7) is 4.02. The average Bonchev–Trinajstić information content (AvgIpc) is 2.29. The van der Waals surface area contributed by atoms with E-state index in [0.29, 0.717) is 5.82 Å². The Kier molecular flexibility index (Phi) is 3.28. The monoisotopic (exact) mass is 228 g/mol. The van der Waals surface area contributed by atoms with E-state index in [-0.39, 0.29) is 6.10 Å². The van der Waals surface area contributed by atoms with Crippen LogP contribution in [0.2, 0.25) is 0 Å². The number of hydrogen-bond acceptors (Lipinski definition) is 3. The summed E-state index contributed by atoms with van der Waals surface area (Å²) >= 11 is 0. The van der Waals surface area contributed by atoms with Crippen molar-refractivity contribution < 1.29 is 4.74 Å². The molecule has 0 radical (unpaired) electrons. The van der Waals surface area contributed by atoms with E-state index in [1.807, 2.05) is 50.2 Å². The topological polar surface area (TPSA) is 48.1 Å². The molecule has 0 saturated heterocycles. The van der Waals surface area contributed by atoms with E-state index in [0.717, 1.165) is 16.9 Å². The summed E-state index contributed by atoms with van der Waals surface area (Å²) in [5, 5.41) is 0. The summed E-state index contributed by atoms with van der Waals surface area (Å²) in [7, 11) is 0. The van der Waals surface area contributed by atoms with Crippen LogP contribution < -0.4 is 10.5 Å². The van der Waals surface area contributed by atoms with E-state index in [2.05, 4.69) is 4.98 Å². The first kappa shape index (κ1) is 11.5. The minimum absolute atomic E-state index is 0.192. The highest BCUT2D eigenvalue weighted by Gasteiger charge is 2.00. The summed E-state index contributed by atoms with van der Waals surface area (Å²) in [6.07, 6.45) is 1.90. The molecule has 0 aliphatic carbocycles. The highest BCUT2D eigenvalue weighted by atomic mass is 16.5. The minimum atomic E-state index is 0.192. The van der Waals surface area contributed by atoms with Gasteiger partial charge in [0.15, 0.2) is 0 Å². The van der Waals surface area contributed by atoms with Gasteiger partial charge in [-0.2, -0.15) is 0 Å². The number of ether oxygens (including phenoxy) is 1. The van der Waals surface area contributed by atoms with Gasteiger partial charge in [-0.25, -0.2) is 4.98 Å². The minimum Gasteiger partial charge on any atom is -0.491 e. The number of hydrogen-bond donors (Lipinski definition) is 1. The highest BCUT2D eigenvalue weighted by Crippen LogP contribution is 2.23. The molecule has 2 rings (SSSR count). The SMILES string of the molecule is CC(C)Oc1ccc(-c2ccnc(N)c2)cc1. The smallest absolute Gasteiger partial charge is 0.123 e. The fraction of sp³-hybridized carbons (Fsp3) is 0.214. The van der Waals surface area contributed by atoms with Crippen molar-refractivity contribution in [1.29, 1.82) is 0 Å². The molecule has 0 fully saturated rings. The molecule has 2 N–H and O–H groups in total. The first-order chi connectivity index (χ1) is 8.15. The van der Waals surface area contributed by atoms with Crippen molar-refractivity contribution in [3.8, 4) is 16.9 Å². The molecule has 0 aliphatic heterocycles. The van der Waals surface area contributed by atoms with E-state index >= 15 is 0 Å². The molecule has 88 valence electrons. The van der Waals surface area contributed by atoms with Crippen LogP contribution in [0.15, 0.2) is 42.6 Å². The number of nitrogen functional groups attached to an aromatic ring is 1. The fourth-order valence-electron chi connectivity index (χ4n) is 1.63. The van der Waals surface area contributed by atoms with Gasteiger partial charge in [-0.1, -0.05) is 12.1 Å². The molecule has 1 aromatic heterocycles. The predicted molar refractivity (Wildman–Crippen MR) is 69.8 cm³/mol. The van der Waals surface area contributed by atoms with E-state index < -0.39 is 0 Å². The molecule has 0 atom stereocenters. The summed E-state index contributed by atoms with van der Waals surface area (Å²) < 4.78 is 5.59. The van der Waals surface area contributed by atoms with Gasteiger partial charge in [-0.05, 0) is 49.2 Å². The maximum atomic E-state index is 5.66. The summed E-state index contributed by atoms with van der Waals surface area (Å²) in [5.74, 6) is 1.41. The van der Waals surface area contributed by atoms with Crippen LogP contribution in [-0.2, 0) is 0 Å². The number of anilines is 1. The van der Waals surface area contributed by atoms with Crippen LogP contribution in [0.1, 0.15) is 13.8 Å². The quantitative estimate of drug-likeness (QED) is 0.878. The third kappa shape index (κ3) is 2.97. The first-order valence-corrected chi connectivity index (χ1v) is 5.64. The summed E-state index contributed by atoms with van der Waals surface area (Å²) in [4.78, 5) is 3.98. The molecule has 0 unspecified atom stereocenters. The molecule has 0 amide bonds. The second kappa shape index (κ2) is 4.87. The molecule has 1 heterocycles. The zero-order valence-electron chi connectivity index (χ0n) is 10.1. The molecule has 3 nitrogen and oxygen atoms in total. The Balaban J connectivity index is 2.23. The Labute approximate surface area is 101 Å². The van der Waals surface area contributed by atoms with Gasteiger partial charge in [-0.15, -0.1) is 0 Å². The second-order valence-electron chi connectivity index (χ2n) is 4.16. The van der Waals surface area contributed by atoms with Crippen molar-refractivity contribution in [2.24, 2.45) is 0 Å². The molecular weight excluding hydrogens is 212 g/mol. The van der Waals surface area contributed by atoms with E-state index in [1.54, 1.807) is 6.20 Å². The predicted octanol–water partition coefficient (Wildman–Crippen LogP) is 3.12. The van der Waals surface area contributed by atoms with Crippen LogP contribution in [-0.4, -0.2) is 11.1 Å². The van der Waals surface area contributed by atoms with Crippen molar-refractivity contribution in [2.75, 3.05) is 5.73 Å². The van der Waals surface area contributed by atoms with Gasteiger partial charge in [-0.3, -0.25) is 0 Å². The molecular formula is C14H16N2O. The zero-order valence-corrected chi connectivity index (χ0v) is 10.1. The number of benzene rings is 1. The Morgan fingerprint density at radius 1 is 1.06 bits per heavy atom. The lowest BCUT2D eigenvalue weighted by Crippen LogP contribution is -2.05. The number of nitrogens with zero attached hydrogens (tertiary/aromatic N) is 1. The van der Waals surface area contributed by atoms with Crippen LogP contribution in [0.3, 0.4) is 0 Å². The molecule has 0 saturated carbocycles. The lowest BCUT2D eigenvalue weighted by Gasteiger charge is -2.10. The summed E-state index contributed by atoms with van der Waals surface area (Å²) in [5.41, 5.74) is 7.83. The van der Waals surface area contributed by atoms with Gasteiger partial charge < -0.3 is 10.5 Å². The van der Waals surface area contributed by atoms with Crippen molar-refractivity contribution in [2.45, 2.75) is 20.0 Å². The Bertz CT molecular complexity index is 492. The van der Waals surface area contributed by atoms with Crippen LogP contribution in [0.5, 0.6) is 5.75 Å². The molecule has 3 heteroatoms. The molecule has 1 aromatic carbocycles. The third-order valence-corrected chi connectivity index (χ3v) is 2.34. The zero-order chi connectivity index (χ0) is 12.3. The van der Waals surface area contributed by atoms with Crippen LogP contribution in [0, 0.1) is 0 Å². The van der Waals surface area contributed by atoms with E-state index in [9.17, 15) is 0 Å². The van der Waals surface area contributed by atoms with E-state index in [1.165, 1.54) is 0 Å². The summed E-state index contributed by atoms with van der Waals surface area (Å²) in [6, 6.07) is 11.8. The fourth-order valence-corrected chi connectivity index (χ4v) is 1.63. The Morgan fingerprint density at radius 2 is 1.76 bits per heavy atom. The Hall–Kier alpha value is -2.03. The van der Waals surface area contributed by atoms with Gasteiger partial charge in [0, 0.05) is 6.20 Å². The van der Waals surface area contributed by atoms with Crippen LogP contribution >= 0.6 is 0 Å². The maximum Gasteiger partial charge on any atom is 0.123 e. The van der Waals surface area contributed by atoms with Crippen molar-refractivity contribution in [3.63, 3.8) is 0 Å². The van der Waals surface area contributed by atoms with Crippen LogP contribution in [0.4, 0.5) is 5.82 Å². The Morgan fingerprint density at radius 3 is 2.35 bits per heavy atom.